The van der Waals surface area contributed by atoms with E-state index in [0.29, 0.717) is 11.8 Å². The van der Waals surface area contributed by atoms with Gasteiger partial charge in [0, 0.05) is 23.7 Å². The molecule has 0 saturated heterocycles. The second kappa shape index (κ2) is 3.49. The van der Waals surface area contributed by atoms with Crippen molar-refractivity contribution in [3.63, 3.8) is 0 Å². The van der Waals surface area contributed by atoms with Gasteiger partial charge in [-0.15, -0.1) is 0 Å². The van der Waals surface area contributed by atoms with Crippen LogP contribution in [0.1, 0.15) is 19.4 Å². The number of benzene rings is 1. The highest BCUT2D eigenvalue weighted by molar-refractivity contribution is 5.79. The molecule has 1 heteroatoms. The van der Waals surface area contributed by atoms with E-state index in [-0.39, 0.29) is 0 Å². The van der Waals surface area contributed by atoms with Crippen LogP contribution in [0.4, 0.5) is 5.69 Å². The zero-order chi connectivity index (χ0) is 10.1. The lowest BCUT2D eigenvalue weighted by Gasteiger charge is -2.31. The minimum Gasteiger partial charge on any atom is -0.384 e. The van der Waals surface area contributed by atoms with E-state index in [0.717, 1.165) is 6.54 Å². The van der Waals surface area contributed by atoms with Gasteiger partial charge in [-0.2, -0.15) is 0 Å². The van der Waals surface area contributed by atoms with Gasteiger partial charge in [0.2, 0.25) is 0 Å². The number of fused-ring (bicyclic) bond motifs is 1. The van der Waals surface area contributed by atoms with Crippen molar-refractivity contribution in [3.05, 3.63) is 36.4 Å². The van der Waals surface area contributed by atoms with Gasteiger partial charge in [0.25, 0.3) is 0 Å². The van der Waals surface area contributed by atoms with Crippen LogP contribution in [-0.2, 0) is 0 Å². The van der Waals surface area contributed by atoms with Crippen LogP contribution in [-0.4, -0.2) is 6.54 Å². The van der Waals surface area contributed by atoms with E-state index < -0.39 is 0 Å². The Morgan fingerprint density at radius 2 is 2.07 bits per heavy atom. The van der Waals surface area contributed by atoms with Crippen LogP contribution in [0.2, 0.25) is 0 Å². The zero-order valence-corrected chi connectivity index (χ0v) is 8.88. The summed E-state index contributed by atoms with van der Waals surface area (Å²) in [6, 6.07) is 8.42. The summed E-state index contributed by atoms with van der Waals surface area (Å²) in [6.07, 6.45) is 0. The van der Waals surface area contributed by atoms with Gasteiger partial charge in [0.05, 0.1) is 0 Å². The molecular formula is C13H17N. The van der Waals surface area contributed by atoms with E-state index in [9.17, 15) is 0 Å². The summed E-state index contributed by atoms with van der Waals surface area (Å²) in [5, 5.41) is 3.46. The molecule has 1 aliphatic rings. The van der Waals surface area contributed by atoms with Crippen molar-refractivity contribution in [1.29, 1.82) is 0 Å². The highest BCUT2D eigenvalue weighted by atomic mass is 14.9. The van der Waals surface area contributed by atoms with E-state index in [1.807, 2.05) is 0 Å². The largest absolute Gasteiger partial charge is 0.384 e. The first-order chi connectivity index (χ1) is 6.70. The van der Waals surface area contributed by atoms with Crippen molar-refractivity contribution in [3.8, 4) is 0 Å². The van der Waals surface area contributed by atoms with E-state index in [2.05, 4.69) is 50.0 Å². The van der Waals surface area contributed by atoms with E-state index >= 15 is 0 Å². The fourth-order valence-electron chi connectivity index (χ4n) is 2.10. The Labute approximate surface area is 85.8 Å². The Bertz CT molecular complexity index is 352. The Kier molecular flexibility index (Phi) is 2.32. The maximum Gasteiger partial charge on any atom is 0.0416 e. The maximum absolute atomic E-state index is 4.22. The fourth-order valence-corrected chi connectivity index (χ4v) is 2.10. The van der Waals surface area contributed by atoms with Crippen LogP contribution in [0, 0.1) is 11.8 Å². The average Bonchev–Trinajstić information content (AvgIpc) is 2.18. The Morgan fingerprint density at radius 1 is 1.36 bits per heavy atom. The molecule has 0 fully saturated rings. The molecule has 1 aromatic rings. The van der Waals surface area contributed by atoms with Gasteiger partial charge in [-0.1, -0.05) is 38.6 Å². The molecular weight excluding hydrogens is 170 g/mol. The van der Waals surface area contributed by atoms with Crippen LogP contribution in [0.3, 0.4) is 0 Å². The highest BCUT2D eigenvalue weighted by Crippen LogP contribution is 2.36. The first kappa shape index (κ1) is 9.32. The Balaban J connectivity index is 2.37. The third kappa shape index (κ3) is 1.43. The molecule has 0 amide bonds. The van der Waals surface area contributed by atoms with Crippen LogP contribution in [0.5, 0.6) is 0 Å². The normalized spacial score (nSPS) is 20.5. The number of nitrogens with one attached hydrogen (secondary N) is 1. The van der Waals surface area contributed by atoms with Gasteiger partial charge in [-0.3, -0.25) is 0 Å². The van der Waals surface area contributed by atoms with Crippen molar-refractivity contribution < 1.29 is 0 Å². The van der Waals surface area contributed by atoms with Crippen molar-refractivity contribution >= 4 is 11.3 Å². The molecule has 0 saturated carbocycles. The lowest BCUT2D eigenvalue weighted by Crippen LogP contribution is -2.25. The molecule has 1 unspecified atom stereocenters. The fraction of sp³-hybridized carbons (Fsp3) is 0.385. The Hall–Kier alpha value is -1.24. The molecule has 0 radical (unpaired) electrons. The number of hydrogen-bond donors (Lipinski definition) is 1. The summed E-state index contributed by atoms with van der Waals surface area (Å²) in [5.41, 5.74) is 3.81. The number of hydrogen-bond acceptors (Lipinski definition) is 1. The Morgan fingerprint density at radius 3 is 2.79 bits per heavy atom. The van der Waals surface area contributed by atoms with Crippen molar-refractivity contribution in [2.24, 2.45) is 11.8 Å². The van der Waals surface area contributed by atoms with E-state index in [4.69, 9.17) is 0 Å². The topological polar surface area (TPSA) is 12.0 Å². The lowest BCUT2D eigenvalue weighted by molar-refractivity contribution is 0.495. The predicted octanol–water partition coefficient (Wildman–Crippen LogP) is 3.40. The molecule has 1 heterocycles. The molecule has 1 aromatic carbocycles. The molecule has 1 aliphatic heterocycles. The van der Waals surface area contributed by atoms with E-state index in [1.54, 1.807) is 0 Å². The van der Waals surface area contributed by atoms with Crippen molar-refractivity contribution in [2.75, 3.05) is 11.9 Å². The molecule has 14 heavy (non-hydrogen) atoms. The van der Waals surface area contributed by atoms with Gasteiger partial charge in [-0.25, -0.2) is 0 Å². The average molecular weight is 187 g/mol. The molecule has 0 aromatic heterocycles. The molecule has 0 bridgehead atoms. The SMILES string of the molecule is C=C1c2ccccc2NCC1C(C)C. The standard InChI is InChI=1S/C13H17N/c1-9(2)12-8-14-13-7-5-4-6-11(13)10(12)3/h4-7,9,12,14H,3,8H2,1-2H3. The molecule has 74 valence electrons. The summed E-state index contributed by atoms with van der Waals surface area (Å²) < 4.78 is 0. The van der Waals surface area contributed by atoms with Crippen molar-refractivity contribution in [1.82, 2.24) is 0 Å². The first-order valence-corrected chi connectivity index (χ1v) is 5.22. The smallest absolute Gasteiger partial charge is 0.0416 e. The van der Waals surface area contributed by atoms with Gasteiger partial charge in [0.15, 0.2) is 0 Å². The monoisotopic (exact) mass is 187 g/mol. The molecule has 1 nitrogen and oxygen atoms in total. The number of anilines is 1. The third-order valence-corrected chi connectivity index (χ3v) is 3.04. The van der Waals surface area contributed by atoms with Gasteiger partial charge in [-0.05, 0) is 17.6 Å². The number of para-hydroxylation sites is 1. The number of rotatable bonds is 1. The summed E-state index contributed by atoms with van der Waals surface area (Å²) in [4.78, 5) is 0. The molecule has 1 N–H and O–H groups in total. The molecule has 0 spiro atoms. The molecule has 0 aliphatic carbocycles. The van der Waals surface area contributed by atoms with Crippen molar-refractivity contribution in [2.45, 2.75) is 13.8 Å². The summed E-state index contributed by atoms with van der Waals surface area (Å²) >= 11 is 0. The zero-order valence-electron chi connectivity index (χ0n) is 8.88. The highest BCUT2D eigenvalue weighted by Gasteiger charge is 2.23. The summed E-state index contributed by atoms with van der Waals surface area (Å²) in [6.45, 7) is 9.75. The maximum atomic E-state index is 4.22. The van der Waals surface area contributed by atoms with E-state index in [1.165, 1.54) is 16.8 Å². The van der Waals surface area contributed by atoms with Crippen LogP contribution in [0.25, 0.3) is 5.57 Å². The molecule has 2 rings (SSSR count). The lowest BCUT2D eigenvalue weighted by atomic mass is 9.82. The summed E-state index contributed by atoms with van der Waals surface area (Å²) in [5.74, 6) is 1.23. The van der Waals surface area contributed by atoms with Gasteiger partial charge >= 0.3 is 0 Å². The van der Waals surface area contributed by atoms with Crippen LogP contribution >= 0.6 is 0 Å². The second-order valence-corrected chi connectivity index (χ2v) is 4.30. The van der Waals surface area contributed by atoms with Crippen LogP contribution in [0.15, 0.2) is 30.8 Å². The van der Waals surface area contributed by atoms with Crippen LogP contribution < -0.4 is 5.32 Å². The third-order valence-electron chi connectivity index (χ3n) is 3.04. The predicted molar refractivity (Wildman–Crippen MR) is 62.3 cm³/mol. The minimum atomic E-state index is 0.574. The second-order valence-electron chi connectivity index (χ2n) is 4.30. The van der Waals surface area contributed by atoms with Gasteiger partial charge < -0.3 is 5.32 Å². The molecule has 1 atom stereocenters. The summed E-state index contributed by atoms with van der Waals surface area (Å²) in [7, 11) is 0. The quantitative estimate of drug-likeness (QED) is 0.710. The first-order valence-electron chi connectivity index (χ1n) is 5.22. The minimum absolute atomic E-state index is 0.574. The van der Waals surface area contributed by atoms with Gasteiger partial charge in [0.1, 0.15) is 0 Å².